The number of hydrogen-bond donors (Lipinski definition) is 3. The number of fused-ring (bicyclic) bond motifs is 2. The van der Waals surface area contributed by atoms with Crippen molar-refractivity contribution in [3.05, 3.63) is 0 Å². The molecule has 0 aromatic heterocycles. The SMILES string of the molecule is NNN1CC2CCC(C1)N2N. The van der Waals surface area contributed by atoms with Gasteiger partial charge in [0, 0.05) is 25.2 Å². The van der Waals surface area contributed by atoms with Crippen LogP contribution in [0.15, 0.2) is 0 Å². The molecule has 2 heterocycles. The molecule has 0 aromatic carbocycles. The van der Waals surface area contributed by atoms with Gasteiger partial charge in [-0.15, -0.1) is 0 Å². The maximum atomic E-state index is 5.84. The quantitative estimate of drug-likeness (QED) is 0.315. The molecule has 0 saturated carbocycles. The Hall–Kier alpha value is -0.200. The minimum absolute atomic E-state index is 0.504. The van der Waals surface area contributed by atoms with Crippen molar-refractivity contribution in [3.8, 4) is 0 Å². The van der Waals surface area contributed by atoms with E-state index in [4.69, 9.17) is 11.7 Å². The Balaban J connectivity index is 2.02. The maximum Gasteiger partial charge on any atom is 0.0387 e. The third-order valence-corrected chi connectivity index (χ3v) is 2.72. The topological polar surface area (TPSA) is 70.5 Å². The molecule has 11 heavy (non-hydrogen) atoms. The van der Waals surface area contributed by atoms with Gasteiger partial charge >= 0.3 is 0 Å². The second-order valence-corrected chi connectivity index (χ2v) is 3.37. The Morgan fingerprint density at radius 2 is 1.73 bits per heavy atom. The number of piperazine rings is 1. The number of hydrogen-bond acceptors (Lipinski definition) is 5. The summed E-state index contributed by atoms with van der Waals surface area (Å²) in [5, 5.41) is 4.01. The van der Waals surface area contributed by atoms with Crippen LogP contribution >= 0.6 is 0 Å². The largest absolute Gasteiger partial charge is 0.268 e. The number of nitrogens with zero attached hydrogens (tertiary/aromatic N) is 2. The maximum absolute atomic E-state index is 5.84. The molecular formula is C6H15N5. The lowest BCUT2D eigenvalue weighted by Crippen LogP contribution is -2.61. The van der Waals surface area contributed by atoms with Crippen LogP contribution in [0.2, 0.25) is 0 Å². The average Bonchev–Trinajstić information content (AvgIpc) is 2.26. The molecule has 5 heteroatoms. The smallest absolute Gasteiger partial charge is 0.0387 e. The summed E-state index contributed by atoms with van der Waals surface area (Å²) in [4.78, 5) is 0. The predicted octanol–water partition coefficient (Wildman–Crippen LogP) is -1.61. The third kappa shape index (κ3) is 1.15. The summed E-state index contributed by atoms with van der Waals surface area (Å²) in [6.07, 6.45) is 2.42. The fourth-order valence-electron chi connectivity index (χ4n) is 2.04. The van der Waals surface area contributed by atoms with E-state index >= 15 is 0 Å². The van der Waals surface area contributed by atoms with Gasteiger partial charge in [0.1, 0.15) is 0 Å². The first-order valence-corrected chi connectivity index (χ1v) is 4.05. The van der Waals surface area contributed by atoms with E-state index in [9.17, 15) is 0 Å². The zero-order valence-corrected chi connectivity index (χ0v) is 6.53. The van der Waals surface area contributed by atoms with Crippen LogP contribution in [0.5, 0.6) is 0 Å². The molecule has 2 saturated heterocycles. The summed E-state index contributed by atoms with van der Waals surface area (Å²) in [5.41, 5.74) is 2.68. The second kappa shape index (κ2) is 2.69. The van der Waals surface area contributed by atoms with Gasteiger partial charge in [-0.3, -0.25) is 11.7 Å². The van der Waals surface area contributed by atoms with Crippen molar-refractivity contribution in [2.45, 2.75) is 24.9 Å². The molecule has 0 spiro atoms. The van der Waals surface area contributed by atoms with Crippen LogP contribution in [0.4, 0.5) is 0 Å². The molecule has 0 aromatic rings. The van der Waals surface area contributed by atoms with E-state index in [-0.39, 0.29) is 0 Å². The molecule has 5 N–H and O–H groups in total. The molecule has 5 nitrogen and oxygen atoms in total. The van der Waals surface area contributed by atoms with E-state index in [1.54, 1.807) is 0 Å². The van der Waals surface area contributed by atoms with Crippen LogP contribution < -0.4 is 17.2 Å². The number of nitrogens with two attached hydrogens (primary N) is 2. The van der Waals surface area contributed by atoms with Gasteiger partial charge in [-0.2, -0.15) is 5.53 Å². The summed E-state index contributed by atoms with van der Waals surface area (Å²) in [6, 6.07) is 1.01. The van der Waals surface area contributed by atoms with Crippen molar-refractivity contribution in [1.82, 2.24) is 15.6 Å². The standard InChI is InChI=1S/C6H15N5/c7-9-10-3-5-1-2-6(4-10)11(5)8/h5-6,9H,1-4,7-8H2. The molecule has 0 radical (unpaired) electrons. The molecule has 2 unspecified atom stereocenters. The summed E-state index contributed by atoms with van der Waals surface area (Å²) in [7, 11) is 0. The molecule has 0 amide bonds. The Labute approximate surface area is 66.2 Å². The molecule has 2 atom stereocenters. The number of nitrogens with one attached hydrogen (secondary N) is 1. The normalized spacial score (nSPS) is 39.8. The molecule has 2 aliphatic heterocycles. The van der Waals surface area contributed by atoms with Gasteiger partial charge in [-0.05, 0) is 12.8 Å². The summed E-state index contributed by atoms with van der Waals surface area (Å²) in [6.45, 7) is 1.90. The Kier molecular flexibility index (Phi) is 1.82. The van der Waals surface area contributed by atoms with E-state index in [0.717, 1.165) is 13.1 Å². The van der Waals surface area contributed by atoms with Crippen molar-refractivity contribution in [2.24, 2.45) is 11.7 Å². The van der Waals surface area contributed by atoms with E-state index in [1.165, 1.54) is 12.8 Å². The molecular weight excluding hydrogens is 142 g/mol. The first kappa shape index (κ1) is 7.45. The van der Waals surface area contributed by atoms with Gasteiger partial charge in [-0.1, -0.05) is 0 Å². The monoisotopic (exact) mass is 157 g/mol. The Bertz CT molecular complexity index is 136. The molecule has 2 aliphatic rings. The van der Waals surface area contributed by atoms with E-state index in [1.807, 2.05) is 10.0 Å². The lowest BCUT2D eigenvalue weighted by molar-refractivity contribution is 0.0352. The van der Waals surface area contributed by atoms with Crippen molar-refractivity contribution in [2.75, 3.05) is 13.1 Å². The molecule has 2 bridgehead atoms. The highest BCUT2D eigenvalue weighted by Gasteiger charge is 2.37. The van der Waals surface area contributed by atoms with Gasteiger partial charge in [-0.25, -0.2) is 10.0 Å². The van der Waals surface area contributed by atoms with Gasteiger partial charge in [0.05, 0.1) is 0 Å². The van der Waals surface area contributed by atoms with Gasteiger partial charge < -0.3 is 0 Å². The Morgan fingerprint density at radius 3 is 2.18 bits per heavy atom. The Morgan fingerprint density at radius 1 is 1.18 bits per heavy atom. The van der Waals surface area contributed by atoms with Gasteiger partial charge in [0.15, 0.2) is 0 Å². The minimum atomic E-state index is 0.504. The van der Waals surface area contributed by atoms with Gasteiger partial charge in [0.2, 0.25) is 0 Å². The van der Waals surface area contributed by atoms with Crippen LogP contribution in [0.1, 0.15) is 12.8 Å². The lowest BCUT2D eigenvalue weighted by Gasteiger charge is -2.37. The molecule has 0 aliphatic carbocycles. The molecule has 64 valence electrons. The highest BCUT2D eigenvalue weighted by molar-refractivity contribution is 4.91. The van der Waals surface area contributed by atoms with Crippen LogP contribution in [-0.2, 0) is 0 Å². The number of hydrazine groups is 3. The summed E-state index contributed by atoms with van der Waals surface area (Å²) < 4.78 is 0. The van der Waals surface area contributed by atoms with Crippen LogP contribution in [0, 0.1) is 0 Å². The second-order valence-electron chi connectivity index (χ2n) is 3.37. The van der Waals surface area contributed by atoms with Crippen LogP contribution in [-0.4, -0.2) is 35.2 Å². The van der Waals surface area contributed by atoms with Crippen molar-refractivity contribution in [1.29, 1.82) is 0 Å². The van der Waals surface area contributed by atoms with Crippen LogP contribution in [0.25, 0.3) is 0 Å². The zero-order valence-electron chi connectivity index (χ0n) is 6.53. The minimum Gasteiger partial charge on any atom is -0.268 e. The van der Waals surface area contributed by atoms with E-state index in [0.29, 0.717) is 12.1 Å². The van der Waals surface area contributed by atoms with Gasteiger partial charge in [0.25, 0.3) is 0 Å². The fraction of sp³-hybridized carbons (Fsp3) is 1.00. The highest BCUT2D eigenvalue weighted by Crippen LogP contribution is 2.25. The van der Waals surface area contributed by atoms with Crippen LogP contribution in [0.3, 0.4) is 0 Å². The molecule has 2 rings (SSSR count). The number of rotatable bonds is 1. The lowest BCUT2D eigenvalue weighted by atomic mass is 10.2. The highest BCUT2D eigenvalue weighted by atomic mass is 15.7. The van der Waals surface area contributed by atoms with E-state index < -0.39 is 0 Å². The summed E-state index contributed by atoms with van der Waals surface area (Å²) in [5.74, 6) is 11.2. The zero-order chi connectivity index (χ0) is 7.84. The summed E-state index contributed by atoms with van der Waals surface area (Å²) >= 11 is 0. The van der Waals surface area contributed by atoms with Crippen molar-refractivity contribution in [3.63, 3.8) is 0 Å². The average molecular weight is 157 g/mol. The van der Waals surface area contributed by atoms with Crippen molar-refractivity contribution < 1.29 is 0 Å². The van der Waals surface area contributed by atoms with E-state index in [2.05, 4.69) is 5.53 Å². The first-order chi connectivity index (χ1) is 5.31. The first-order valence-electron chi connectivity index (χ1n) is 4.05. The predicted molar refractivity (Wildman–Crippen MR) is 41.7 cm³/mol. The van der Waals surface area contributed by atoms with Crippen molar-refractivity contribution >= 4 is 0 Å². The molecule has 2 fully saturated rings. The fourth-order valence-corrected chi connectivity index (χ4v) is 2.04. The third-order valence-electron chi connectivity index (χ3n) is 2.72.